The standard InChI is InChI=1S/C41H51NO10/c1-22-27(51-37(48)32(50-7)30(42-23(2)43)24-14-10-8-11-15-24)21-41(49)35(52-36(47)25-16-12-9-13-17-25)33-39(5)19-18-26(39)20-28(44)40(33,6)34(46)31(45)29(22)38(41,3)4/h8-17,26-28,30-33,35,44-45,49H,18-21H2,1-7H3,(H,42,43)/t26?,27-,28-,30-,31+,32+,33?,35-,39+,40?,41+/m0/s1. The average Bonchev–Trinajstić information content (AvgIpc) is 3.10. The number of esters is 2. The molecule has 4 N–H and O–H groups in total. The minimum absolute atomic E-state index is 0.0188. The van der Waals surface area contributed by atoms with Crippen LogP contribution in [0.2, 0.25) is 0 Å². The molecule has 280 valence electrons. The first-order valence-corrected chi connectivity index (χ1v) is 18.1. The molecule has 3 unspecified atom stereocenters. The van der Waals surface area contributed by atoms with Crippen molar-refractivity contribution < 1.29 is 48.7 Å². The molecule has 1 amide bonds. The Morgan fingerprint density at radius 3 is 2.12 bits per heavy atom. The third-order valence-electron chi connectivity index (χ3n) is 13.3. The molecule has 3 saturated carbocycles. The van der Waals surface area contributed by atoms with Crippen LogP contribution in [0.4, 0.5) is 0 Å². The minimum atomic E-state index is -2.02. The van der Waals surface area contributed by atoms with E-state index < -0.39 is 88.0 Å². The molecular weight excluding hydrogens is 666 g/mol. The van der Waals surface area contributed by atoms with E-state index in [0.29, 0.717) is 24.0 Å². The largest absolute Gasteiger partial charge is 0.456 e. The molecule has 11 nitrogen and oxygen atoms in total. The minimum Gasteiger partial charge on any atom is -0.456 e. The molecule has 11 atom stereocenters. The second-order valence-corrected chi connectivity index (χ2v) is 16.2. The summed E-state index contributed by atoms with van der Waals surface area (Å²) in [6.45, 7) is 10.00. The zero-order chi connectivity index (χ0) is 38.0. The summed E-state index contributed by atoms with van der Waals surface area (Å²) in [7, 11) is 1.32. The first kappa shape index (κ1) is 37.8. The van der Waals surface area contributed by atoms with Gasteiger partial charge in [0.15, 0.2) is 11.9 Å². The summed E-state index contributed by atoms with van der Waals surface area (Å²) < 4.78 is 18.3. The number of ketones is 1. The molecule has 2 aromatic carbocycles. The van der Waals surface area contributed by atoms with Crippen molar-refractivity contribution >= 4 is 23.6 Å². The van der Waals surface area contributed by atoms with Gasteiger partial charge in [-0.25, -0.2) is 9.59 Å². The SMILES string of the molecule is CO[C@@H](C(=O)O[C@H]1C[C@@]2(O)[C@@H](OC(=O)c3ccccc3)C3C(C)(C(=O)[C@H](O)C(=C1C)C2(C)C)[C@@H](O)CC1CC[C@]13C)[C@@H](NC(C)=O)c1ccccc1. The number of ether oxygens (including phenoxy) is 3. The molecule has 2 aromatic rings. The van der Waals surface area contributed by atoms with Gasteiger partial charge < -0.3 is 34.8 Å². The van der Waals surface area contributed by atoms with Crippen molar-refractivity contribution in [2.45, 2.75) is 109 Å². The smallest absolute Gasteiger partial charge is 0.338 e. The summed E-state index contributed by atoms with van der Waals surface area (Å²) in [5, 5.41) is 40.1. The molecule has 0 spiro atoms. The van der Waals surface area contributed by atoms with Gasteiger partial charge in [0.05, 0.1) is 23.1 Å². The summed E-state index contributed by atoms with van der Waals surface area (Å²) in [4.78, 5) is 55.3. The number of benzene rings is 2. The van der Waals surface area contributed by atoms with Gasteiger partial charge in [0.2, 0.25) is 5.91 Å². The van der Waals surface area contributed by atoms with E-state index in [4.69, 9.17) is 14.2 Å². The van der Waals surface area contributed by atoms with Gasteiger partial charge in [-0.3, -0.25) is 9.59 Å². The lowest BCUT2D eigenvalue weighted by Gasteiger charge is -2.68. The number of Topliss-reactive ketones (excluding diaryl/α,β-unsaturated/α-hetero) is 1. The van der Waals surface area contributed by atoms with Gasteiger partial charge in [-0.1, -0.05) is 69.3 Å². The van der Waals surface area contributed by atoms with Crippen molar-refractivity contribution in [3.05, 3.63) is 82.9 Å². The molecule has 11 heteroatoms. The number of aliphatic hydroxyl groups is 3. The average molecular weight is 718 g/mol. The molecule has 2 bridgehead atoms. The number of carbonyl (C=O) groups excluding carboxylic acids is 4. The van der Waals surface area contributed by atoms with E-state index in [1.54, 1.807) is 88.4 Å². The Balaban J connectivity index is 1.49. The number of methoxy groups -OCH3 is 1. The van der Waals surface area contributed by atoms with E-state index >= 15 is 0 Å². The number of amides is 1. The van der Waals surface area contributed by atoms with Gasteiger partial charge in [-0.2, -0.15) is 0 Å². The van der Waals surface area contributed by atoms with Crippen LogP contribution >= 0.6 is 0 Å². The monoisotopic (exact) mass is 717 g/mol. The van der Waals surface area contributed by atoms with Crippen molar-refractivity contribution in [3.63, 3.8) is 0 Å². The van der Waals surface area contributed by atoms with Gasteiger partial charge in [0.1, 0.15) is 23.9 Å². The highest BCUT2D eigenvalue weighted by molar-refractivity contribution is 5.94. The Bertz CT molecular complexity index is 1760. The molecule has 4 aliphatic rings. The van der Waals surface area contributed by atoms with Gasteiger partial charge in [0.25, 0.3) is 0 Å². The van der Waals surface area contributed by atoms with E-state index in [0.717, 1.165) is 6.42 Å². The predicted molar refractivity (Wildman–Crippen MR) is 189 cm³/mol. The molecule has 0 aliphatic heterocycles. The second kappa shape index (κ2) is 13.5. The van der Waals surface area contributed by atoms with Gasteiger partial charge in [-0.05, 0) is 73.3 Å². The highest BCUT2D eigenvalue weighted by atomic mass is 16.6. The molecule has 4 aliphatic carbocycles. The lowest BCUT2D eigenvalue weighted by Crippen LogP contribution is -2.75. The van der Waals surface area contributed by atoms with Crippen LogP contribution in [0.1, 0.15) is 89.2 Å². The van der Waals surface area contributed by atoms with Gasteiger partial charge >= 0.3 is 11.9 Å². The highest BCUT2D eigenvalue weighted by Crippen LogP contribution is 2.69. The number of aliphatic hydroxyl groups excluding tert-OH is 2. The fourth-order valence-electron chi connectivity index (χ4n) is 10.1. The van der Waals surface area contributed by atoms with Crippen molar-refractivity contribution in [1.29, 1.82) is 0 Å². The Morgan fingerprint density at radius 2 is 1.56 bits per heavy atom. The summed E-state index contributed by atoms with van der Waals surface area (Å²) in [5.74, 6) is -3.54. The van der Waals surface area contributed by atoms with Crippen LogP contribution in [0.5, 0.6) is 0 Å². The quantitative estimate of drug-likeness (QED) is 0.229. The fraction of sp³-hybridized carbons (Fsp3) is 0.561. The second-order valence-electron chi connectivity index (χ2n) is 16.2. The van der Waals surface area contributed by atoms with E-state index in [1.165, 1.54) is 14.0 Å². The molecule has 0 heterocycles. The topological polar surface area (TPSA) is 169 Å². The molecule has 52 heavy (non-hydrogen) atoms. The number of hydrogen-bond acceptors (Lipinski definition) is 10. The Kier molecular flexibility index (Phi) is 9.83. The van der Waals surface area contributed by atoms with Crippen LogP contribution < -0.4 is 5.32 Å². The first-order chi connectivity index (χ1) is 24.4. The maximum absolute atomic E-state index is 14.8. The van der Waals surface area contributed by atoms with Crippen molar-refractivity contribution in [3.8, 4) is 0 Å². The maximum Gasteiger partial charge on any atom is 0.338 e. The summed E-state index contributed by atoms with van der Waals surface area (Å²) in [6.07, 6.45) is -5.33. The van der Waals surface area contributed by atoms with Crippen molar-refractivity contribution in [2.24, 2.45) is 28.1 Å². The number of hydrogen-bond donors (Lipinski definition) is 4. The zero-order valence-electron chi connectivity index (χ0n) is 30.9. The van der Waals surface area contributed by atoms with E-state index in [-0.39, 0.29) is 23.5 Å². The summed E-state index contributed by atoms with van der Waals surface area (Å²) in [6, 6.07) is 16.2. The third-order valence-corrected chi connectivity index (χ3v) is 13.3. The first-order valence-electron chi connectivity index (χ1n) is 18.1. The zero-order valence-corrected chi connectivity index (χ0v) is 30.9. The van der Waals surface area contributed by atoms with Gasteiger partial charge in [0, 0.05) is 31.8 Å². The lowest BCUT2D eigenvalue weighted by atomic mass is 9.37. The van der Waals surface area contributed by atoms with Crippen molar-refractivity contribution in [2.75, 3.05) is 7.11 Å². The molecule has 3 fully saturated rings. The Morgan fingerprint density at radius 1 is 0.942 bits per heavy atom. The number of carbonyl (C=O) groups is 4. The third kappa shape index (κ3) is 5.71. The van der Waals surface area contributed by atoms with Crippen LogP contribution in [-0.2, 0) is 28.6 Å². The molecule has 0 radical (unpaired) electrons. The van der Waals surface area contributed by atoms with E-state index in [9.17, 15) is 34.5 Å². The Labute approximate surface area is 304 Å². The van der Waals surface area contributed by atoms with Gasteiger partial charge in [-0.15, -0.1) is 0 Å². The predicted octanol–water partition coefficient (Wildman–Crippen LogP) is 4.24. The van der Waals surface area contributed by atoms with Crippen LogP contribution in [0.15, 0.2) is 71.8 Å². The number of nitrogens with one attached hydrogen (secondary N) is 1. The van der Waals surface area contributed by atoms with E-state index in [2.05, 4.69) is 5.32 Å². The number of rotatable bonds is 8. The van der Waals surface area contributed by atoms with Crippen LogP contribution in [0, 0.1) is 28.1 Å². The van der Waals surface area contributed by atoms with Crippen LogP contribution in [-0.4, -0.2) is 82.2 Å². The van der Waals surface area contributed by atoms with E-state index in [1.807, 2.05) is 6.92 Å². The molecule has 0 aromatic heterocycles. The normalized spacial score (nSPS) is 36.1. The lowest BCUT2D eigenvalue weighted by molar-refractivity contribution is -0.266. The maximum atomic E-state index is 14.8. The summed E-state index contributed by atoms with van der Waals surface area (Å²) in [5.41, 5.74) is -4.34. The fourth-order valence-corrected chi connectivity index (χ4v) is 10.1. The summed E-state index contributed by atoms with van der Waals surface area (Å²) >= 11 is 0. The molecular formula is C41H51NO10. The molecule has 0 saturated heterocycles. The Hall–Kier alpha value is -3.90. The van der Waals surface area contributed by atoms with Crippen LogP contribution in [0.25, 0.3) is 0 Å². The van der Waals surface area contributed by atoms with Crippen LogP contribution in [0.3, 0.4) is 0 Å². The number of fused-ring (bicyclic) bond motifs is 5. The van der Waals surface area contributed by atoms with Crippen molar-refractivity contribution in [1.82, 2.24) is 5.32 Å². The highest BCUT2D eigenvalue weighted by Gasteiger charge is 2.74. The molecule has 6 rings (SSSR count).